The Balaban J connectivity index is 1.42. The van der Waals surface area contributed by atoms with Gasteiger partial charge in [-0.15, -0.1) is 11.3 Å². The van der Waals surface area contributed by atoms with Gasteiger partial charge in [0.25, 0.3) is 5.91 Å². The third-order valence-electron chi connectivity index (χ3n) is 5.53. The zero-order chi connectivity index (χ0) is 21.4. The van der Waals surface area contributed by atoms with Gasteiger partial charge in [0.2, 0.25) is 0 Å². The summed E-state index contributed by atoms with van der Waals surface area (Å²) in [6.45, 7) is 2.61. The second kappa shape index (κ2) is 8.29. The molecule has 0 spiro atoms. The monoisotopic (exact) mass is 451 g/mol. The summed E-state index contributed by atoms with van der Waals surface area (Å²) in [5.41, 5.74) is 3.17. The fourth-order valence-electron chi connectivity index (χ4n) is 3.92. The van der Waals surface area contributed by atoms with Crippen LogP contribution in [0.15, 0.2) is 66.7 Å². The number of anilines is 1. The Morgan fingerprint density at radius 3 is 2.42 bits per heavy atom. The van der Waals surface area contributed by atoms with Gasteiger partial charge in [-0.1, -0.05) is 29.8 Å². The Kier molecular flexibility index (Phi) is 5.34. The van der Waals surface area contributed by atoms with Crippen LogP contribution in [0.4, 0.5) is 10.1 Å². The maximum atomic E-state index is 13.5. The van der Waals surface area contributed by atoms with Gasteiger partial charge in [0.1, 0.15) is 5.82 Å². The number of aromatic nitrogens is 1. The lowest BCUT2D eigenvalue weighted by molar-refractivity contribution is 0.0748. The number of thiophene rings is 1. The number of hydrogen-bond acceptors (Lipinski definition) is 4. The quantitative estimate of drug-likeness (QED) is 0.400. The third-order valence-corrected chi connectivity index (χ3v) is 6.78. The Hall–Kier alpha value is -2.96. The highest BCUT2D eigenvalue weighted by atomic mass is 35.5. The molecule has 0 saturated carbocycles. The van der Waals surface area contributed by atoms with Crippen molar-refractivity contribution in [1.29, 1.82) is 0 Å². The summed E-state index contributed by atoms with van der Waals surface area (Å²) in [4.78, 5) is 23.2. The van der Waals surface area contributed by atoms with E-state index >= 15 is 0 Å². The lowest BCUT2D eigenvalue weighted by atomic mass is 10.1. The number of rotatable bonds is 3. The molecule has 0 atom stereocenters. The topological polar surface area (TPSA) is 36.4 Å². The number of hydrogen-bond donors (Lipinski definition) is 0. The van der Waals surface area contributed by atoms with Crippen molar-refractivity contribution in [2.24, 2.45) is 0 Å². The van der Waals surface area contributed by atoms with Gasteiger partial charge in [-0.25, -0.2) is 9.37 Å². The molecule has 1 aliphatic rings. The zero-order valence-corrected chi connectivity index (χ0v) is 18.2. The van der Waals surface area contributed by atoms with Crippen molar-refractivity contribution in [2.45, 2.75) is 0 Å². The van der Waals surface area contributed by atoms with Gasteiger partial charge in [-0.05, 0) is 48.5 Å². The first-order valence-electron chi connectivity index (χ1n) is 10.0. The molecule has 156 valence electrons. The van der Waals surface area contributed by atoms with E-state index in [1.165, 1.54) is 23.5 Å². The zero-order valence-electron chi connectivity index (χ0n) is 16.6. The van der Waals surface area contributed by atoms with Crippen molar-refractivity contribution in [2.75, 3.05) is 31.1 Å². The van der Waals surface area contributed by atoms with Crippen LogP contribution >= 0.6 is 22.9 Å². The first-order valence-corrected chi connectivity index (χ1v) is 11.2. The minimum atomic E-state index is -0.245. The van der Waals surface area contributed by atoms with Crippen LogP contribution in [0.2, 0.25) is 4.34 Å². The molecule has 1 fully saturated rings. The molecule has 2 aromatic carbocycles. The number of piperazine rings is 1. The minimum absolute atomic E-state index is 0.00117. The van der Waals surface area contributed by atoms with Crippen LogP contribution in [-0.2, 0) is 0 Å². The van der Waals surface area contributed by atoms with Gasteiger partial charge in [0, 0.05) is 37.3 Å². The van der Waals surface area contributed by atoms with Gasteiger partial charge in [0.15, 0.2) is 0 Å². The van der Waals surface area contributed by atoms with Gasteiger partial charge >= 0.3 is 0 Å². The fraction of sp³-hybridized carbons (Fsp3) is 0.167. The minimum Gasteiger partial charge on any atom is -0.368 e. The predicted octanol–water partition coefficient (Wildman–Crippen LogP) is 5.72. The molecule has 0 unspecified atom stereocenters. The van der Waals surface area contributed by atoms with Crippen molar-refractivity contribution in [3.05, 3.63) is 82.4 Å². The first kappa shape index (κ1) is 20.0. The molecule has 1 amide bonds. The smallest absolute Gasteiger partial charge is 0.254 e. The number of carbonyl (C=O) groups is 1. The van der Waals surface area contributed by atoms with Gasteiger partial charge in [-0.3, -0.25) is 4.79 Å². The predicted molar refractivity (Wildman–Crippen MR) is 125 cm³/mol. The van der Waals surface area contributed by atoms with E-state index in [0.717, 1.165) is 27.2 Å². The van der Waals surface area contributed by atoms with Crippen molar-refractivity contribution in [1.82, 2.24) is 9.88 Å². The normalized spacial score (nSPS) is 14.3. The van der Waals surface area contributed by atoms with Crippen LogP contribution < -0.4 is 4.90 Å². The van der Waals surface area contributed by atoms with Crippen molar-refractivity contribution >= 4 is 45.4 Å². The highest BCUT2D eigenvalue weighted by molar-refractivity contribution is 7.19. The van der Waals surface area contributed by atoms with Crippen molar-refractivity contribution in [3.8, 4) is 10.6 Å². The van der Waals surface area contributed by atoms with Crippen LogP contribution in [0.5, 0.6) is 0 Å². The van der Waals surface area contributed by atoms with Crippen LogP contribution in [0, 0.1) is 5.82 Å². The number of para-hydroxylation sites is 1. The van der Waals surface area contributed by atoms with Crippen molar-refractivity contribution in [3.63, 3.8) is 0 Å². The molecule has 0 radical (unpaired) electrons. The Morgan fingerprint density at radius 1 is 0.968 bits per heavy atom. The largest absolute Gasteiger partial charge is 0.368 e. The van der Waals surface area contributed by atoms with E-state index in [9.17, 15) is 9.18 Å². The Labute approximate surface area is 188 Å². The van der Waals surface area contributed by atoms with E-state index in [4.69, 9.17) is 16.6 Å². The Bertz CT molecular complexity index is 1250. The molecule has 0 bridgehead atoms. The third kappa shape index (κ3) is 4.01. The highest BCUT2D eigenvalue weighted by Crippen LogP contribution is 2.32. The molecular formula is C24H19ClFN3OS. The maximum absolute atomic E-state index is 13.5. The lowest BCUT2D eigenvalue weighted by Gasteiger charge is -2.36. The fourth-order valence-corrected chi connectivity index (χ4v) is 4.92. The maximum Gasteiger partial charge on any atom is 0.254 e. The van der Waals surface area contributed by atoms with Crippen LogP contribution in [-0.4, -0.2) is 42.0 Å². The van der Waals surface area contributed by atoms with E-state index in [-0.39, 0.29) is 11.7 Å². The van der Waals surface area contributed by atoms with E-state index in [1.807, 2.05) is 47.4 Å². The van der Waals surface area contributed by atoms with Gasteiger partial charge < -0.3 is 9.80 Å². The molecule has 0 N–H and O–H groups in total. The standard InChI is InChI=1S/C24H19ClFN3OS/c25-23-10-9-22(31-23)21-15-19(18-3-1-2-4-20(18)27-21)24(30)29-13-11-28(12-14-29)17-7-5-16(26)6-8-17/h1-10,15H,11-14H2. The molecule has 4 nitrogen and oxygen atoms in total. The summed E-state index contributed by atoms with van der Waals surface area (Å²) in [5.74, 6) is -0.244. The first-order chi connectivity index (χ1) is 15.1. The SMILES string of the molecule is O=C(c1cc(-c2ccc(Cl)s2)nc2ccccc12)N1CCN(c2ccc(F)cc2)CC1. The van der Waals surface area contributed by atoms with Crippen LogP contribution in [0.25, 0.3) is 21.5 Å². The number of benzene rings is 2. The van der Waals surface area contributed by atoms with Crippen LogP contribution in [0.1, 0.15) is 10.4 Å². The van der Waals surface area contributed by atoms with Gasteiger partial charge in [0.05, 0.1) is 26.0 Å². The van der Waals surface area contributed by atoms with E-state index in [1.54, 1.807) is 12.1 Å². The molecular weight excluding hydrogens is 433 g/mol. The van der Waals surface area contributed by atoms with E-state index in [0.29, 0.717) is 36.1 Å². The molecule has 4 aromatic rings. The molecule has 1 aliphatic heterocycles. The van der Waals surface area contributed by atoms with Gasteiger partial charge in [-0.2, -0.15) is 0 Å². The second-order valence-electron chi connectivity index (χ2n) is 7.43. The lowest BCUT2D eigenvalue weighted by Crippen LogP contribution is -2.48. The number of amides is 1. The van der Waals surface area contributed by atoms with E-state index in [2.05, 4.69) is 4.90 Å². The second-order valence-corrected chi connectivity index (χ2v) is 9.15. The summed E-state index contributed by atoms with van der Waals surface area (Å²) in [5, 5.41) is 0.847. The number of pyridine rings is 1. The number of carbonyl (C=O) groups excluding carboxylic acids is 1. The van der Waals surface area contributed by atoms with E-state index < -0.39 is 0 Å². The summed E-state index contributed by atoms with van der Waals surface area (Å²) in [6, 6.07) is 19.9. The summed E-state index contributed by atoms with van der Waals surface area (Å²) < 4.78 is 13.9. The molecule has 2 aromatic heterocycles. The molecule has 7 heteroatoms. The Morgan fingerprint density at radius 2 is 1.71 bits per heavy atom. The van der Waals surface area contributed by atoms with Crippen molar-refractivity contribution < 1.29 is 9.18 Å². The summed E-state index contributed by atoms with van der Waals surface area (Å²) in [6.07, 6.45) is 0. The van der Waals surface area contributed by atoms with Crippen LogP contribution in [0.3, 0.4) is 0 Å². The summed E-state index contributed by atoms with van der Waals surface area (Å²) in [7, 11) is 0. The average Bonchev–Trinajstić information content (AvgIpc) is 3.25. The molecule has 31 heavy (non-hydrogen) atoms. The highest BCUT2D eigenvalue weighted by Gasteiger charge is 2.24. The summed E-state index contributed by atoms with van der Waals surface area (Å²) >= 11 is 7.56. The molecule has 1 saturated heterocycles. The number of halogens is 2. The molecule has 3 heterocycles. The number of fused-ring (bicyclic) bond motifs is 1. The molecule has 5 rings (SSSR count). The molecule has 0 aliphatic carbocycles. The average molecular weight is 452 g/mol. The number of nitrogens with zero attached hydrogens (tertiary/aromatic N) is 3.